The first-order valence-electron chi connectivity index (χ1n) is 8.19. The van der Waals surface area contributed by atoms with Gasteiger partial charge < -0.3 is 15.4 Å². The molecule has 25 heavy (non-hydrogen) atoms. The van der Waals surface area contributed by atoms with Gasteiger partial charge in [0.1, 0.15) is 0 Å². The number of benzene rings is 2. The molecule has 1 unspecified atom stereocenters. The number of rotatable bonds is 7. The topological polar surface area (TPSA) is 91.2 Å². The minimum absolute atomic E-state index is 0.121. The third-order valence-corrected chi connectivity index (χ3v) is 3.75. The maximum atomic E-state index is 12.5. The summed E-state index contributed by atoms with van der Waals surface area (Å²) in [7, 11) is 0. The normalized spacial score (nSPS) is 11.4. The number of nitrogens with zero attached hydrogens (tertiary/aromatic N) is 1. The van der Waals surface area contributed by atoms with Crippen molar-refractivity contribution in [1.82, 2.24) is 10.6 Å². The van der Waals surface area contributed by atoms with Crippen molar-refractivity contribution in [1.29, 1.82) is 5.26 Å². The maximum absolute atomic E-state index is 12.5. The van der Waals surface area contributed by atoms with E-state index in [0.29, 0.717) is 0 Å². The van der Waals surface area contributed by atoms with Crippen LogP contribution in [0.2, 0.25) is 0 Å². The van der Waals surface area contributed by atoms with Crippen LogP contribution in [0.1, 0.15) is 24.8 Å². The largest absolute Gasteiger partial charge is 0.450 e. The first kappa shape index (κ1) is 18.3. The van der Waals surface area contributed by atoms with Gasteiger partial charge in [0.05, 0.1) is 25.0 Å². The minimum Gasteiger partial charge on any atom is -0.450 e. The average Bonchev–Trinajstić information content (AvgIpc) is 2.62. The molecule has 0 fully saturated rings. The fraction of sp³-hybridized carbons (Fsp3) is 0.316. The summed E-state index contributed by atoms with van der Waals surface area (Å²) in [5.41, 5.74) is 0.796. The van der Waals surface area contributed by atoms with Gasteiger partial charge in [0.25, 0.3) is 0 Å². The average molecular weight is 339 g/mol. The van der Waals surface area contributed by atoms with Crippen molar-refractivity contribution in [3.8, 4) is 6.07 Å². The summed E-state index contributed by atoms with van der Waals surface area (Å²) in [5.74, 6) is -0.796. The van der Waals surface area contributed by atoms with E-state index in [9.17, 15) is 9.59 Å². The summed E-state index contributed by atoms with van der Waals surface area (Å²) in [6.45, 7) is 2.38. The number of nitrogens with one attached hydrogen (secondary N) is 2. The number of hydrogen-bond donors (Lipinski definition) is 2. The number of alkyl carbamates (subject to hydrolysis) is 1. The lowest BCUT2D eigenvalue weighted by Crippen LogP contribution is -2.38. The van der Waals surface area contributed by atoms with Crippen LogP contribution in [0, 0.1) is 11.3 Å². The molecule has 6 heteroatoms. The van der Waals surface area contributed by atoms with Gasteiger partial charge in [0.15, 0.2) is 0 Å². The minimum atomic E-state index is -0.562. The lowest BCUT2D eigenvalue weighted by Gasteiger charge is -2.18. The van der Waals surface area contributed by atoms with Gasteiger partial charge in [0.2, 0.25) is 5.91 Å². The molecule has 0 saturated carbocycles. The fourth-order valence-electron chi connectivity index (χ4n) is 2.52. The van der Waals surface area contributed by atoms with Crippen LogP contribution in [-0.2, 0) is 9.53 Å². The Hall–Kier alpha value is -3.07. The Labute approximate surface area is 146 Å². The zero-order valence-corrected chi connectivity index (χ0v) is 14.1. The predicted molar refractivity (Wildman–Crippen MR) is 95.0 cm³/mol. The van der Waals surface area contributed by atoms with E-state index < -0.39 is 12.0 Å². The SMILES string of the molecule is CCOC(=O)NCC(C(=O)NCCC#N)c1ccc2ccccc2c1. The third kappa shape index (κ3) is 5.21. The molecule has 0 aliphatic heterocycles. The van der Waals surface area contributed by atoms with Gasteiger partial charge in [-0.05, 0) is 23.3 Å². The molecule has 0 saturated heterocycles. The van der Waals surface area contributed by atoms with E-state index in [2.05, 4.69) is 10.6 Å². The van der Waals surface area contributed by atoms with Gasteiger partial charge in [0, 0.05) is 13.1 Å². The Morgan fingerprint density at radius 3 is 2.64 bits per heavy atom. The first-order chi connectivity index (χ1) is 12.2. The highest BCUT2D eigenvalue weighted by atomic mass is 16.5. The summed E-state index contributed by atoms with van der Waals surface area (Å²) in [5, 5.41) is 16.1. The van der Waals surface area contributed by atoms with Crippen LogP contribution >= 0.6 is 0 Å². The third-order valence-electron chi connectivity index (χ3n) is 3.75. The van der Waals surface area contributed by atoms with Crippen LogP contribution in [0.4, 0.5) is 4.79 Å². The molecule has 0 aliphatic carbocycles. The van der Waals surface area contributed by atoms with E-state index in [0.717, 1.165) is 16.3 Å². The summed E-state index contributed by atoms with van der Waals surface area (Å²) < 4.78 is 4.85. The van der Waals surface area contributed by atoms with E-state index in [1.54, 1.807) is 6.92 Å². The quantitative estimate of drug-likeness (QED) is 0.759. The standard InChI is InChI=1S/C19H21N3O3/c1-2-25-19(24)22-13-17(18(23)21-11-5-10-20)16-9-8-14-6-3-4-7-15(14)12-16/h3-4,6-9,12,17H,2,5,11,13H2,1H3,(H,21,23)(H,22,24). The summed E-state index contributed by atoms with van der Waals surface area (Å²) in [6, 6.07) is 15.6. The Morgan fingerprint density at radius 1 is 1.16 bits per heavy atom. The van der Waals surface area contributed by atoms with Crippen LogP contribution in [0.25, 0.3) is 10.8 Å². The molecule has 2 N–H and O–H groups in total. The van der Waals surface area contributed by atoms with E-state index in [1.165, 1.54) is 0 Å². The van der Waals surface area contributed by atoms with Crippen molar-refractivity contribution in [2.45, 2.75) is 19.3 Å². The van der Waals surface area contributed by atoms with Crippen molar-refractivity contribution in [3.63, 3.8) is 0 Å². The number of fused-ring (bicyclic) bond motifs is 1. The fourth-order valence-corrected chi connectivity index (χ4v) is 2.52. The van der Waals surface area contributed by atoms with E-state index in [1.807, 2.05) is 48.5 Å². The molecule has 0 aliphatic rings. The second-order valence-electron chi connectivity index (χ2n) is 5.46. The molecule has 130 valence electrons. The molecule has 0 heterocycles. The number of carbonyl (C=O) groups excluding carboxylic acids is 2. The Kier molecular flexibility index (Phi) is 6.78. The van der Waals surface area contributed by atoms with Crippen molar-refractivity contribution in [3.05, 3.63) is 48.0 Å². The van der Waals surface area contributed by atoms with Crippen LogP contribution in [-0.4, -0.2) is 31.7 Å². The Morgan fingerprint density at radius 2 is 1.92 bits per heavy atom. The number of ether oxygens (including phenoxy) is 1. The molecule has 0 aromatic heterocycles. The Bertz CT molecular complexity index is 783. The van der Waals surface area contributed by atoms with Crippen LogP contribution in [0.15, 0.2) is 42.5 Å². The number of amides is 2. The first-order valence-corrected chi connectivity index (χ1v) is 8.19. The van der Waals surface area contributed by atoms with Gasteiger partial charge in [-0.3, -0.25) is 4.79 Å². The highest BCUT2D eigenvalue weighted by Crippen LogP contribution is 2.22. The highest BCUT2D eigenvalue weighted by Gasteiger charge is 2.21. The predicted octanol–water partition coefficient (Wildman–Crippen LogP) is 2.70. The van der Waals surface area contributed by atoms with Gasteiger partial charge in [-0.15, -0.1) is 0 Å². The summed E-state index contributed by atoms with van der Waals surface area (Å²) >= 11 is 0. The lowest BCUT2D eigenvalue weighted by atomic mass is 9.95. The van der Waals surface area contributed by atoms with Gasteiger partial charge >= 0.3 is 6.09 Å². The van der Waals surface area contributed by atoms with Gasteiger partial charge in [-0.1, -0.05) is 42.5 Å². The van der Waals surface area contributed by atoms with Gasteiger partial charge in [-0.25, -0.2) is 4.79 Å². The number of carbonyl (C=O) groups is 2. The van der Waals surface area contributed by atoms with Crippen molar-refractivity contribution < 1.29 is 14.3 Å². The molecule has 0 spiro atoms. The zero-order chi connectivity index (χ0) is 18.1. The molecule has 2 rings (SSSR count). The monoisotopic (exact) mass is 339 g/mol. The van der Waals surface area contributed by atoms with Crippen LogP contribution < -0.4 is 10.6 Å². The number of hydrogen-bond acceptors (Lipinski definition) is 4. The summed E-state index contributed by atoms with van der Waals surface area (Å²) in [4.78, 5) is 24.1. The molecule has 6 nitrogen and oxygen atoms in total. The molecular weight excluding hydrogens is 318 g/mol. The van der Waals surface area contributed by atoms with Crippen LogP contribution in [0.3, 0.4) is 0 Å². The van der Waals surface area contributed by atoms with Crippen molar-refractivity contribution >= 4 is 22.8 Å². The number of nitriles is 1. The summed E-state index contributed by atoms with van der Waals surface area (Å²) in [6.07, 6.45) is -0.320. The van der Waals surface area contributed by atoms with E-state index in [4.69, 9.17) is 10.00 Å². The zero-order valence-electron chi connectivity index (χ0n) is 14.1. The lowest BCUT2D eigenvalue weighted by molar-refractivity contribution is -0.122. The smallest absolute Gasteiger partial charge is 0.407 e. The van der Waals surface area contributed by atoms with Crippen molar-refractivity contribution in [2.75, 3.05) is 19.7 Å². The van der Waals surface area contributed by atoms with Crippen molar-refractivity contribution in [2.24, 2.45) is 0 Å². The maximum Gasteiger partial charge on any atom is 0.407 e. The van der Waals surface area contributed by atoms with Crippen LogP contribution in [0.5, 0.6) is 0 Å². The Balaban J connectivity index is 2.20. The van der Waals surface area contributed by atoms with E-state index in [-0.39, 0.29) is 32.0 Å². The van der Waals surface area contributed by atoms with E-state index >= 15 is 0 Å². The molecule has 0 radical (unpaired) electrons. The highest BCUT2D eigenvalue weighted by molar-refractivity contribution is 5.88. The molecule has 2 amide bonds. The molecular formula is C19H21N3O3. The molecule has 2 aromatic rings. The second-order valence-corrected chi connectivity index (χ2v) is 5.46. The molecule has 1 atom stereocenters. The van der Waals surface area contributed by atoms with Gasteiger partial charge in [-0.2, -0.15) is 5.26 Å². The molecule has 0 bridgehead atoms. The second kappa shape index (κ2) is 9.28. The molecule has 2 aromatic carbocycles.